The van der Waals surface area contributed by atoms with Crippen LogP contribution < -0.4 is 16.0 Å². The van der Waals surface area contributed by atoms with Gasteiger partial charge in [0, 0.05) is 6.54 Å². The van der Waals surface area contributed by atoms with Gasteiger partial charge in [0.05, 0.1) is 28.9 Å². The number of thiophene rings is 1. The molecule has 0 radical (unpaired) electrons. The van der Waals surface area contributed by atoms with Crippen LogP contribution in [0.15, 0.2) is 17.6 Å². The van der Waals surface area contributed by atoms with Crippen molar-refractivity contribution in [3.63, 3.8) is 0 Å². The van der Waals surface area contributed by atoms with E-state index >= 15 is 0 Å². The summed E-state index contributed by atoms with van der Waals surface area (Å²) in [4.78, 5) is 0.983. The molecule has 0 bridgehead atoms. The maximum absolute atomic E-state index is 6.19. The standard InChI is InChI=1S/C11H15ClN4OS/c1-3-16-10(7(12)6-14-16)9(15-13)11-8(17-2)4-5-18-11/h4-6,9,15H,3,13H2,1-2H3. The van der Waals surface area contributed by atoms with E-state index in [1.807, 2.05) is 23.1 Å². The highest BCUT2D eigenvalue weighted by Crippen LogP contribution is 2.36. The van der Waals surface area contributed by atoms with E-state index in [1.54, 1.807) is 24.6 Å². The van der Waals surface area contributed by atoms with E-state index in [4.69, 9.17) is 22.2 Å². The van der Waals surface area contributed by atoms with Gasteiger partial charge < -0.3 is 4.74 Å². The number of rotatable bonds is 5. The van der Waals surface area contributed by atoms with E-state index in [9.17, 15) is 0 Å². The van der Waals surface area contributed by atoms with Crippen molar-refractivity contribution in [2.75, 3.05) is 7.11 Å². The molecule has 1 atom stereocenters. The molecule has 1 unspecified atom stereocenters. The smallest absolute Gasteiger partial charge is 0.134 e. The van der Waals surface area contributed by atoms with Gasteiger partial charge in [-0.25, -0.2) is 5.43 Å². The van der Waals surface area contributed by atoms with Crippen molar-refractivity contribution in [1.82, 2.24) is 15.2 Å². The van der Waals surface area contributed by atoms with Gasteiger partial charge in [0.1, 0.15) is 11.8 Å². The molecule has 0 fully saturated rings. The number of halogens is 1. The summed E-state index contributed by atoms with van der Waals surface area (Å²) in [5.41, 5.74) is 3.63. The van der Waals surface area contributed by atoms with Gasteiger partial charge in [-0.15, -0.1) is 11.3 Å². The summed E-state index contributed by atoms with van der Waals surface area (Å²) in [6, 6.07) is 1.68. The van der Waals surface area contributed by atoms with Crippen LogP contribution in [-0.2, 0) is 6.54 Å². The predicted octanol–water partition coefficient (Wildman–Crippen LogP) is 2.18. The zero-order valence-electron chi connectivity index (χ0n) is 10.2. The van der Waals surface area contributed by atoms with Gasteiger partial charge in [-0.1, -0.05) is 11.6 Å². The maximum Gasteiger partial charge on any atom is 0.134 e. The van der Waals surface area contributed by atoms with Crippen LogP contribution in [0, 0.1) is 0 Å². The second kappa shape index (κ2) is 5.71. The van der Waals surface area contributed by atoms with E-state index in [2.05, 4.69) is 10.5 Å². The second-order valence-corrected chi connectivity index (χ2v) is 5.00. The fraction of sp³-hybridized carbons (Fsp3) is 0.364. The Morgan fingerprint density at radius 3 is 3.06 bits per heavy atom. The van der Waals surface area contributed by atoms with Gasteiger partial charge in [-0.2, -0.15) is 5.10 Å². The zero-order chi connectivity index (χ0) is 13.1. The molecule has 98 valence electrons. The number of hydrogen-bond acceptors (Lipinski definition) is 5. The van der Waals surface area contributed by atoms with Crippen molar-refractivity contribution in [1.29, 1.82) is 0 Å². The molecule has 0 aromatic carbocycles. The Hall–Kier alpha value is -1.08. The third kappa shape index (κ3) is 2.24. The lowest BCUT2D eigenvalue weighted by Crippen LogP contribution is -2.30. The third-order valence-corrected chi connectivity index (χ3v) is 3.97. The number of aryl methyl sites for hydroxylation is 1. The van der Waals surface area contributed by atoms with Crippen LogP contribution in [0.4, 0.5) is 0 Å². The van der Waals surface area contributed by atoms with Crippen LogP contribution in [0.3, 0.4) is 0 Å². The first-order valence-corrected chi connectivity index (χ1v) is 6.77. The number of nitrogens with one attached hydrogen (secondary N) is 1. The van der Waals surface area contributed by atoms with Crippen LogP contribution in [0.2, 0.25) is 5.02 Å². The van der Waals surface area contributed by atoms with Crippen LogP contribution in [0.1, 0.15) is 23.5 Å². The SMILES string of the molecule is CCn1ncc(Cl)c1C(NN)c1sccc1OC. The molecule has 18 heavy (non-hydrogen) atoms. The normalized spacial score (nSPS) is 12.7. The molecule has 0 saturated heterocycles. The van der Waals surface area contributed by atoms with Crippen molar-refractivity contribution >= 4 is 22.9 Å². The zero-order valence-corrected chi connectivity index (χ0v) is 11.8. The van der Waals surface area contributed by atoms with Crippen LogP contribution in [0.5, 0.6) is 5.75 Å². The number of nitrogens with two attached hydrogens (primary N) is 1. The molecule has 0 saturated carbocycles. The van der Waals surface area contributed by atoms with E-state index in [0.717, 1.165) is 22.9 Å². The largest absolute Gasteiger partial charge is 0.496 e. The summed E-state index contributed by atoms with van der Waals surface area (Å²) in [6.45, 7) is 2.74. The molecule has 0 amide bonds. The molecule has 2 aromatic rings. The molecule has 3 N–H and O–H groups in total. The predicted molar refractivity (Wildman–Crippen MR) is 72.9 cm³/mol. The molecular formula is C11H15ClN4OS. The van der Waals surface area contributed by atoms with E-state index in [1.165, 1.54) is 0 Å². The molecule has 2 rings (SSSR count). The lowest BCUT2D eigenvalue weighted by Gasteiger charge is -2.17. The first kappa shape index (κ1) is 13.4. The molecular weight excluding hydrogens is 272 g/mol. The molecule has 0 aliphatic carbocycles. The number of nitrogens with zero attached hydrogens (tertiary/aromatic N) is 2. The third-order valence-electron chi connectivity index (χ3n) is 2.71. The van der Waals surface area contributed by atoms with E-state index in [0.29, 0.717) is 5.02 Å². The molecule has 0 spiro atoms. The summed E-state index contributed by atoms with van der Waals surface area (Å²) >= 11 is 7.76. The molecule has 5 nitrogen and oxygen atoms in total. The minimum absolute atomic E-state index is 0.227. The number of hydrogen-bond donors (Lipinski definition) is 2. The quantitative estimate of drug-likeness (QED) is 0.653. The fourth-order valence-corrected chi connectivity index (χ4v) is 3.05. The van der Waals surface area contributed by atoms with Gasteiger partial charge in [-0.3, -0.25) is 10.5 Å². The Kier molecular flexibility index (Phi) is 4.23. The van der Waals surface area contributed by atoms with Gasteiger partial charge >= 0.3 is 0 Å². The Balaban J connectivity index is 2.48. The molecule has 0 aliphatic heterocycles. The highest BCUT2D eigenvalue weighted by atomic mass is 35.5. The minimum atomic E-state index is -0.227. The average molecular weight is 287 g/mol. The van der Waals surface area contributed by atoms with E-state index < -0.39 is 0 Å². The molecule has 7 heteroatoms. The average Bonchev–Trinajstić information content (AvgIpc) is 2.98. The van der Waals surface area contributed by atoms with Gasteiger partial charge in [0.2, 0.25) is 0 Å². The Morgan fingerprint density at radius 1 is 1.67 bits per heavy atom. The van der Waals surface area contributed by atoms with Crippen LogP contribution >= 0.6 is 22.9 Å². The Morgan fingerprint density at radius 2 is 2.44 bits per heavy atom. The number of hydrazine groups is 1. The summed E-state index contributed by atoms with van der Waals surface area (Å²) in [6.07, 6.45) is 1.63. The summed E-state index contributed by atoms with van der Waals surface area (Å²) < 4.78 is 7.15. The van der Waals surface area contributed by atoms with E-state index in [-0.39, 0.29) is 6.04 Å². The highest BCUT2D eigenvalue weighted by molar-refractivity contribution is 7.10. The first-order valence-electron chi connectivity index (χ1n) is 5.51. The lowest BCUT2D eigenvalue weighted by atomic mass is 10.1. The lowest BCUT2D eigenvalue weighted by molar-refractivity contribution is 0.406. The summed E-state index contributed by atoms with van der Waals surface area (Å²) in [7, 11) is 1.64. The van der Waals surface area contributed by atoms with Crippen molar-refractivity contribution in [3.8, 4) is 5.75 Å². The number of ether oxygens (including phenoxy) is 1. The molecule has 2 aromatic heterocycles. The van der Waals surface area contributed by atoms with Crippen LogP contribution in [0.25, 0.3) is 0 Å². The van der Waals surface area contributed by atoms with Crippen molar-refractivity contribution in [3.05, 3.63) is 33.2 Å². The van der Waals surface area contributed by atoms with Crippen molar-refractivity contribution in [2.24, 2.45) is 5.84 Å². The fourth-order valence-electron chi connectivity index (χ4n) is 1.88. The van der Waals surface area contributed by atoms with Crippen molar-refractivity contribution < 1.29 is 4.74 Å². The maximum atomic E-state index is 6.19. The highest BCUT2D eigenvalue weighted by Gasteiger charge is 2.24. The Labute approximate surface area is 114 Å². The number of methoxy groups -OCH3 is 1. The van der Waals surface area contributed by atoms with Crippen molar-refractivity contribution in [2.45, 2.75) is 19.5 Å². The summed E-state index contributed by atoms with van der Waals surface area (Å²) in [5, 5.41) is 6.77. The monoisotopic (exact) mass is 286 g/mol. The number of aromatic nitrogens is 2. The molecule has 0 aliphatic rings. The summed E-state index contributed by atoms with van der Waals surface area (Å²) in [5.74, 6) is 6.47. The second-order valence-electron chi connectivity index (χ2n) is 3.65. The van der Waals surface area contributed by atoms with Gasteiger partial charge in [0.25, 0.3) is 0 Å². The van der Waals surface area contributed by atoms with Gasteiger partial charge in [0.15, 0.2) is 0 Å². The Bertz CT molecular complexity index is 525. The minimum Gasteiger partial charge on any atom is -0.496 e. The van der Waals surface area contributed by atoms with Crippen LogP contribution in [-0.4, -0.2) is 16.9 Å². The first-order chi connectivity index (χ1) is 8.72. The molecule has 2 heterocycles. The van der Waals surface area contributed by atoms with Gasteiger partial charge in [-0.05, 0) is 18.4 Å². The topological polar surface area (TPSA) is 65.1 Å².